The first-order chi connectivity index (χ1) is 16.7. The van der Waals surface area contributed by atoms with Gasteiger partial charge in [0.25, 0.3) is 0 Å². The van der Waals surface area contributed by atoms with Gasteiger partial charge in [-0.05, 0) is 35.6 Å². The molecular formula is C30H35N2O2+. The van der Waals surface area contributed by atoms with Crippen molar-refractivity contribution in [2.75, 3.05) is 31.5 Å². The Bertz CT molecular complexity index is 1080. The molecule has 1 amide bonds. The third-order valence-electron chi connectivity index (χ3n) is 7.73. The van der Waals surface area contributed by atoms with Crippen LogP contribution >= 0.6 is 0 Å². The van der Waals surface area contributed by atoms with Gasteiger partial charge in [0.1, 0.15) is 6.54 Å². The van der Waals surface area contributed by atoms with Gasteiger partial charge in [-0.2, -0.15) is 0 Å². The summed E-state index contributed by atoms with van der Waals surface area (Å²) in [5.74, 6) is 0.499. The summed E-state index contributed by atoms with van der Waals surface area (Å²) < 4.78 is 7.16. The number of para-hydroxylation sites is 1. The van der Waals surface area contributed by atoms with Crippen LogP contribution in [-0.4, -0.2) is 42.9 Å². The Morgan fingerprint density at radius 3 is 2.24 bits per heavy atom. The minimum absolute atomic E-state index is 0.0144. The van der Waals surface area contributed by atoms with E-state index in [4.69, 9.17) is 4.74 Å². The molecule has 4 heteroatoms. The van der Waals surface area contributed by atoms with Crippen LogP contribution in [0.2, 0.25) is 0 Å². The monoisotopic (exact) mass is 455 g/mol. The van der Waals surface area contributed by atoms with Crippen molar-refractivity contribution in [3.05, 3.63) is 102 Å². The zero-order valence-electron chi connectivity index (χ0n) is 19.9. The molecule has 1 unspecified atom stereocenters. The molecule has 1 atom stereocenters. The molecule has 34 heavy (non-hydrogen) atoms. The topological polar surface area (TPSA) is 38.3 Å². The van der Waals surface area contributed by atoms with Gasteiger partial charge >= 0.3 is 6.09 Å². The number of nitrogens with zero attached hydrogens (tertiary/aromatic N) is 1. The Kier molecular flexibility index (Phi) is 6.96. The van der Waals surface area contributed by atoms with Crippen LogP contribution in [0.15, 0.2) is 84.9 Å². The van der Waals surface area contributed by atoms with Gasteiger partial charge in [-0.25, -0.2) is 4.79 Å². The SMILES string of the molecule is O=C(Nc1ccccc1Cc1ccccc1)OC1C[N+]2(CCCc3ccccc3)CCC1CC2. The number of carbonyl (C=O) groups excluding carboxylic acids is 1. The summed E-state index contributed by atoms with van der Waals surface area (Å²) in [5, 5.41) is 3.05. The molecule has 176 valence electrons. The molecule has 1 N–H and O–H groups in total. The van der Waals surface area contributed by atoms with Crippen LogP contribution in [0.1, 0.15) is 36.0 Å². The smallest absolute Gasteiger partial charge is 0.412 e. The van der Waals surface area contributed by atoms with Crippen molar-refractivity contribution in [1.29, 1.82) is 0 Å². The summed E-state index contributed by atoms with van der Waals surface area (Å²) in [6.45, 7) is 4.57. The van der Waals surface area contributed by atoms with Crippen molar-refractivity contribution in [2.45, 2.75) is 38.2 Å². The molecule has 3 heterocycles. The van der Waals surface area contributed by atoms with Gasteiger partial charge in [0, 0.05) is 30.9 Å². The first kappa shape index (κ1) is 22.7. The predicted octanol–water partition coefficient (Wildman–Crippen LogP) is 6.07. The molecule has 4 nitrogen and oxygen atoms in total. The van der Waals surface area contributed by atoms with E-state index in [0.717, 1.165) is 48.0 Å². The van der Waals surface area contributed by atoms with Crippen molar-refractivity contribution in [2.24, 2.45) is 5.92 Å². The summed E-state index contributed by atoms with van der Waals surface area (Å²) in [6.07, 6.45) is 5.10. The van der Waals surface area contributed by atoms with Crippen LogP contribution < -0.4 is 5.32 Å². The molecule has 0 aliphatic carbocycles. The number of fused-ring (bicyclic) bond motifs is 3. The number of anilines is 1. The molecule has 3 aromatic rings. The predicted molar refractivity (Wildman–Crippen MR) is 137 cm³/mol. The second-order valence-electron chi connectivity index (χ2n) is 10.0. The zero-order chi connectivity index (χ0) is 23.2. The van der Waals surface area contributed by atoms with Crippen LogP contribution in [0.25, 0.3) is 0 Å². The number of hydrogen-bond donors (Lipinski definition) is 1. The van der Waals surface area contributed by atoms with E-state index in [0.29, 0.717) is 5.92 Å². The Morgan fingerprint density at radius 2 is 1.50 bits per heavy atom. The average molecular weight is 456 g/mol. The Balaban J connectivity index is 1.18. The van der Waals surface area contributed by atoms with Crippen molar-refractivity contribution >= 4 is 11.8 Å². The van der Waals surface area contributed by atoms with E-state index in [1.54, 1.807) is 0 Å². The van der Waals surface area contributed by atoms with Crippen LogP contribution in [0.4, 0.5) is 10.5 Å². The Labute approximate surface area is 203 Å². The zero-order valence-corrected chi connectivity index (χ0v) is 19.9. The van der Waals surface area contributed by atoms with Gasteiger partial charge in [-0.15, -0.1) is 0 Å². The van der Waals surface area contributed by atoms with Gasteiger partial charge in [-0.1, -0.05) is 78.9 Å². The lowest BCUT2D eigenvalue weighted by atomic mass is 9.83. The minimum Gasteiger partial charge on any atom is -0.440 e. The number of hydrogen-bond acceptors (Lipinski definition) is 2. The fourth-order valence-corrected chi connectivity index (χ4v) is 5.82. The molecule has 3 aliphatic heterocycles. The molecule has 3 fully saturated rings. The summed E-state index contributed by atoms with van der Waals surface area (Å²) in [4.78, 5) is 12.9. The molecule has 3 aromatic carbocycles. The second-order valence-corrected chi connectivity index (χ2v) is 10.0. The third-order valence-corrected chi connectivity index (χ3v) is 7.73. The maximum atomic E-state index is 12.9. The highest BCUT2D eigenvalue weighted by Gasteiger charge is 2.47. The molecule has 2 bridgehead atoms. The van der Waals surface area contributed by atoms with Gasteiger partial charge in [-0.3, -0.25) is 5.32 Å². The first-order valence-electron chi connectivity index (χ1n) is 12.7. The van der Waals surface area contributed by atoms with E-state index in [9.17, 15) is 4.79 Å². The third kappa shape index (κ3) is 5.51. The maximum absolute atomic E-state index is 12.9. The Hall–Kier alpha value is -3.11. The Morgan fingerprint density at radius 1 is 0.853 bits per heavy atom. The highest BCUT2D eigenvalue weighted by atomic mass is 16.6. The number of rotatable bonds is 8. The molecule has 0 saturated carbocycles. The lowest BCUT2D eigenvalue weighted by Gasteiger charge is -2.52. The molecule has 6 rings (SSSR count). The number of ether oxygens (including phenoxy) is 1. The van der Waals surface area contributed by atoms with Crippen molar-refractivity contribution in [3.8, 4) is 0 Å². The highest BCUT2D eigenvalue weighted by molar-refractivity contribution is 5.85. The minimum atomic E-state index is -0.318. The number of aryl methyl sites for hydroxylation is 1. The maximum Gasteiger partial charge on any atom is 0.412 e. The summed E-state index contributed by atoms with van der Waals surface area (Å²) in [5.41, 5.74) is 4.58. The summed E-state index contributed by atoms with van der Waals surface area (Å²) in [6, 6.07) is 29.1. The number of amides is 1. The molecular weight excluding hydrogens is 420 g/mol. The fraction of sp³-hybridized carbons (Fsp3) is 0.367. The van der Waals surface area contributed by atoms with E-state index in [1.807, 2.05) is 36.4 Å². The molecule has 0 spiro atoms. The van der Waals surface area contributed by atoms with Crippen LogP contribution in [0.5, 0.6) is 0 Å². The van der Waals surface area contributed by atoms with E-state index in [2.05, 4.69) is 53.8 Å². The number of nitrogens with one attached hydrogen (secondary N) is 1. The normalized spacial score (nSPS) is 23.4. The van der Waals surface area contributed by atoms with Crippen molar-refractivity contribution < 1.29 is 14.0 Å². The summed E-state index contributed by atoms with van der Waals surface area (Å²) >= 11 is 0. The van der Waals surface area contributed by atoms with Crippen LogP contribution in [-0.2, 0) is 17.6 Å². The standard InChI is InChI=1S/C30H34N2O2/c33-30(31-28-16-8-7-15-27(28)22-25-12-5-2-6-13-25)34-29-23-32(20-17-26(29)18-21-32)19-9-14-24-10-3-1-4-11-24/h1-8,10-13,15-16,26,29H,9,14,17-23H2/p+1. The molecule has 3 saturated heterocycles. The van der Waals surface area contributed by atoms with Gasteiger partial charge in [0.05, 0.1) is 19.6 Å². The van der Waals surface area contributed by atoms with E-state index >= 15 is 0 Å². The lowest BCUT2D eigenvalue weighted by molar-refractivity contribution is -0.946. The van der Waals surface area contributed by atoms with Gasteiger partial charge in [0.15, 0.2) is 6.10 Å². The number of carbonyl (C=O) groups is 1. The quantitative estimate of drug-likeness (QED) is 0.419. The average Bonchev–Trinajstić information content (AvgIpc) is 2.87. The highest BCUT2D eigenvalue weighted by Crippen LogP contribution is 2.36. The number of benzene rings is 3. The molecule has 0 radical (unpaired) electrons. The number of quaternary nitrogens is 1. The van der Waals surface area contributed by atoms with E-state index < -0.39 is 0 Å². The second kappa shape index (κ2) is 10.4. The molecule has 0 aromatic heterocycles. The lowest BCUT2D eigenvalue weighted by Crippen LogP contribution is -2.64. The molecule has 3 aliphatic rings. The van der Waals surface area contributed by atoms with Gasteiger partial charge in [0.2, 0.25) is 0 Å². The van der Waals surface area contributed by atoms with Crippen molar-refractivity contribution in [1.82, 2.24) is 0 Å². The van der Waals surface area contributed by atoms with Gasteiger partial charge < -0.3 is 9.22 Å². The van der Waals surface area contributed by atoms with E-state index in [1.165, 1.54) is 37.2 Å². The fourth-order valence-electron chi connectivity index (χ4n) is 5.82. The van der Waals surface area contributed by atoms with Crippen LogP contribution in [0.3, 0.4) is 0 Å². The van der Waals surface area contributed by atoms with E-state index in [-0.39, 0.29) is 12.2 Å². The number of piperidine rings is 3. The summed E-state index contributed by atoms with van der Waals surface area (Å²) in [7, 11) is 0. The first-order valence-corrected chi connectivity index (χ1v) is 12.7. The largest absolute Gasteiger partial charge is 0.440 e. The van der Waals surface area contributed by atoms with Crippen LogP contribution in [0, 0.1) is 5.92 Å². The van der Waals surface area contributed by atoms with Crippen molar-refractivity contribution in [3.63, 3.8) is 0 Å².